The quantitative estimate of drug-likeness (QED) is 0.750. The van der Waals surface area contributed by atoms with Crippen molar-refractivity contribution < 1.29 is 0 Å². The average Bonchev–Trinajstić information content (AvgIpc) is 3.12. The lowest BCUT2D eigenvalue weighted by Crippen LogP contribution is -2.45. The summed E-state index contributed by atoms with van der Waals surface area (Å²) in [5.41, 5.74) is 8.78. The van der Waals surface area contributed by atoms with E-state index in [0.29, 0.717) is 12.2 Å². The van der Waals surface area contributed by atoms with Gasteiger partial charge in [0, 0.05) is 31.9 Å². The van der Waals surface area contributed by atoms with Crippen LogP contribution in [0.5, 0.6) is 0 Å². The molecule has 0 aromatic rings. The van der Waals surface area contributed by atoms with Crippen LogP contribution in [0, 0.1) is 0 Å². The van der Waals surface area contributed by atoms with Crippen molar-refractivity contribution in [2.24, 2.45) is 0 Å². The Hall–Kier alpha value is -1.96. The van der Waals surface area contributed by atoms with E-state index in [1.54, 1.807) is 0 Å². The zero-order chi connectivity index (χ0) is 16.6. The molecule has 0 saturated carbocycles. The predicted octanol–water partition coefficient (Wildman–Crippen LogP) is 3.33. The molecule has 0 amide bonds. The maximum absolute atomic E-state index is 4.26. The number of nitrogens with one attached hydrogen (secondary N) is 1. The first-order valence-corrected chi connectivity index (χ1v) is 8.44. The fraction of sp³-hybridized carbons (Fsp3) is 0.450. The van der Waals surface area contributed by atoms with E-state index in [1.807, 2.05) is 6.08 Å². The Morgan fingerprint density at radius 3 is 2.83 bits per heavy atom. The SMILES string of the molecule is C=C=C1/C(C)=C(\C)C(=C)/C(C=C)=C\NCC2N1CC1CCCN12. The molecule has 3 heteroatoms. The van der Waals surface area contributed by atoms with Gasteiger partial charge in [0.1, 0.15) is 6.17 Å². The summed E-state index contributed by atoms with van der Waals surface area (Å²) in [7, 11) is 0. The first kappa shape index (κ1) is 15.9. The summed E-state index contributed by atoms with van der Waals surface area (Å²) in [5.74, 6) is 0. The van der Waals surface area contributed by atoms with Gasteiger partial charge >= 0.3 is 0 Å². The Labute approximate surface area is 140 Å². The third kappa shape index (κ3) is 2.60. The molecule has 0 aromatic heterocycles. The molecule has 122 valence electrons. The van der Waals surface area contributed by atoms with E-state index in [1.165, 1.54) is 30.5 Å². The topological polar surface area (TPSA) is 18.5 Å². The molecule has 3 nitrogen and oxygen atoms in total. The second-order valence-corrected chi connectivity index (χ2v) is 6.63. The molecule has 3 heterocycles. The van der Waals surface area contributed by atoms with E-state index in [4.69, 9.17) is 0 Å². The molecule has 2 saturated heterocycles. The van der Waals surface area contributed by atoms with E-state index < -0.39 is 0 Å². The van der Waals surface area contributed by atoms with Gasteiger partial charge in [0.05, 0.1) is 5.70 Å². The maximum Gasteiger partial charge on any atom is 0.100 e. The number of nitrogens with zero attached hydrogens (tertiary/aromatic N) is 2. The van der Waals surface area contributed by atoms with E-state index in [0.717, 1.165) is 29.9 Å². The molecule has 1 N–H and O–H groups in total. The molecule has 23 heavy (non-hydrogen) atoms. The lowest BCUT2D eigenvalue weighted by atomic mass is 9.95. The van der Waals surface area contributed by atoms with Gasteiger partial charge in [-0.3, -0.25) is 4.90 Å². The van der Waals surface area contributed by atoms with E-state index in [9.17, 15) is 0 Å². The normalized spacial score (nSPS) is 34.2. The third-order valence-electron chi connectivity index (χ3n) is 5.52. The van der Waals surface area contributed by atoms with Gasteiger partial charge in [-0.15, -0.1) is 5.73 Å². The largest absolute Gasteiger partial charge is 0.387 e. The summed E-state index contributed by atoms with van der Waals surface area (Å²) >= 11 is 0. The van der Waals surface area contributed by atoms with Gasteiger partial charge in [-0.2, -0.15) is 0 Å². The van der Waals surface area contributed by atoms with Gasteiger partial charge in [-0.25, -0.2) is 0 Å². The molecule has 0 bridgehead atoms. The summed E-state index contributed by atoms with van der Waals surface area (Å²) < 4.78 is 0. The zero-order valence-electron chi connectivity index (χ0n) is 14.4. The third-order valence-corrected chi connectivity index (χ3v) is 5.52. The Kier molecular flexibility index (Phi) is 4.34. The maximum atomic E-state index is 4.26. The molecule has 3 rings (SSSR count). The van der Waals surface area contributed by atoms with E-state index in [-0.39, 0.29) is 0 Å². The number of allylic oxidation sites excluding steroid dienone is 5. The highest BCUT2D eigenvalue weighted by molar-refractivity contribution is 5.53. The van der Waals surface area contributed by atoms with Crippen LogP contribution in [0.4, 0.5) is 0 Å². The average molecular weight is 309 g/mol. The summed E-state index contributed by atoms with van der Waals surface area (Å²) in [4.78, 5) is 5.10. The summed E-state index contributed by atoms with van der Waals surface area (Å²) in [6, 6.07) is 0.657. The predicted molar refractivity (Wildman–Crippen MR) is 96.7 cm³/mol. The number of rotatable bonds is 1. The molecular formula is C20H27N3. The van der Waals surface area contributed by atoms with Crippen LogP contribution >= 0.6 is 0 Å². The lowest BCUT2D eigenvalue weighted by Gasteiger charge is -2.33. The highest BCUT2D eigenvalue weighted by atomic mass is 15.5. The monoisotopic (exact) mass is 309 g/mol. The molecule has 3 aliphatic heterocycles. The van der Waals surface area contributed by atoms with Crippen molar-refractivity contribution in [1.82, 2.24) is 15.1 Å². The van der Waals surface area contributed by atoms with E-state index >= 15 is 0 Å². The van der Waals surface area contributed by atoms with Crippen molar-refractivity contribution in [2.45, 2.75) is 38.9 Å². The zero-order valence-corrected chi connectivity index (χ0v) is 14.4. The van der Waals surface area contributed by atoms with Gasteiger partial charge in [0.2, 0.25) is 0 Å². The lowest BCUT2D eigenvalue weighted by molar-refractivity contribution is 0.169. The van der Waals surface area contributed by atoms with Gasteiger partial charge < -0.3 is 10.2 Å². The van der Waals surface area contributed by atoms with Crippen molar-refractivity contribution in [2.75, 3.05) is 19.6 Å². The van der Waals surface area contributed by atoms with Crippen molar-refractivity contribution in [3.8, 4) is 0 Å². The second-order valence-electron chi connectivity index (χ2n) is 6.63. The second kappa shape index (κ2) is 6.27. The summed E-state index contributed by atoms with van der Waals surface area (Å²) in [5, 5.41) is 3.49. The number of hydrogen-bond donors (Lipinski definition) is 1. The smallest absolute Gasteiger partial charge is 0.100 e. The van der Waals surface area contributed by atoms with Crippen LogP contribution < -0.4 is 5.32 Å². The van der Waals surface area contributed by atoms with E-state index in [2.05, 4.69) is 60.6 Å². The minimum atomic E-state index is 0.364. The molecule has 2 atom stereocenters. The van der Waals surface area contributed by atoms with Gasteiger partial charge in [-0.1, -0.05) is 25.8 Å². The standard InChI is InChI=1S/C20H27N3/c1-6-17-11-21-12-20-22-10-8-9-18(22)13-23(20)19(7-2)16(5)14(3)15(17)4/h6,11,18,20-21H,1-2,4,8-10,12-13H2,3,5H3/b16-14+,17-11-. The molecule has 0 aliphatic carbocycles. The molecular weight excluding hydrogens is 282 g/mol. The fourth-order valence-corrected chi connectivity index (χ4v) is 4.06. The molecule has 3 aliphatic rings. The Morgan fingerprint density at radius 2 is 2.13 bits per heavy atom. The Bertz CT molecular complexity index is 646. The first-order valence-electron chi connectivity index (χ1n) is 8.44. The van der Waals surface area contributed by atoms with Crippen LogP contribution in [0.15, 0.2) is 65.7 Å². The van der Waals surface area contributed by atoms with Crippen molar-refractivity contribution >= 4 is 0 Å². The summed E-state index contributed by atoms with van der Waals surface area (Å²) in [6.45, 7) is 19.6. The Morgan fingerprint density at radius 1 is 1.35 bits per heavy atom. The van der Waals surface area contributed by atoms with Crippen LogP contribution in [-0.2, 0) is 0 Å². The van der Waals surface area contributed by atoms with Crippen molar-refractivity contribution in [1.29, 1.82) is 0 Å². The molecule has 0 spiro atoms. The summed E-state index contributed by atoms with van der Waals surface area (Å²) in [6.07, 6.45) is 6.88. The fourth-order valence-electron chi connectivity index (χ4n) is 4.06. The van der Waals surface area contributed by atoms with Gasteiger partial charge in [-0.05, 0) is 49.0 Å². The van der Waals surface area contributed by atoms with Crippen molar-refractivity contribution in [3.05, 3.63) is 65.7 Å². The number of fused-ring (bicyclic) bond motifs is 3. The van der Waals surface area contributed by atoms with Gasteiger partial charge in [0.15, 0.2) is 0 Å². The molecule has 0 aromatic carbocycles. The highest BCUT2D eigenvalue weighted by Crippen LogP contribution is 2.35. The molecule has 2 unspecified atom stereocenters. The highest BCUT2D eigenvalue weighted by Gasteiger charge is 2.42. The minimum absolute atomic E-state index is 0.364. The molecule has 2 fully saturated rings. The minimum Gasteiger partial charge on any atom is -0.387 e. The van der Waals surface area contributed by atoms with Crippen LogP contribution in [0.25, 0.3) is 0 Å². The number of hydrogen-bond acceptors (Lipinski definition) is 3. The first-order chi connectivity index (χ1) is 11.1. The Balaban J connectivity index is 2.06. The van der Waals surface area contributed by atoms with Crippen LogP contribution in [0.1, 0.15) is 26.7 Å². The van der Waals surface area contributed by atoms with Crippen molar-refractivity contribution in [3.63, 3.8) is 0 Å². The van der Waals surface area contributed by atoms with Gasteiger partial charge in [0.25, 0.3) is 0 Å². The van der Waals surface area contributed by atoms with Crippen LogP contribution in [0.2, 0.25) is 0 Å². The molecule has 0 radical (unpaired) electrons. The van der Waals surface area contributed by atoms with Crippen LogP contribution in [-0.4, -0.2) is 41.6 Å². The van der Waals surface area contributed by atoms with Crippen LogP contribution in [0.3, 0.4) is 0 Å².